The summed E-state index contributed by atoms with van der Waals surface area (Å²) in [6, 6.07) is 14.6. The molecule has 0 atom stereocenters. The number of amides is 1. The van der Waals surface area contributed by atoms with E-state index in [0.717, 1.165) is 17.7 Å². The Morgan fingerprint density at radius 1 is 1.07 bits per heavy atom. The second-order valence-corrected chi connectivity index (χ2v) is 5.75. The van der Waals surface area contributed by atoms with Crippen molar-refractivity contribution in [3.63, 3.8) is 0 Å². The zero-order chi connectivity index (χ0) is 20.4. The van der Waals surface area contributed by atoms with E-state index in [4.69, 9.17) is 14.2 Å². The van der Waals surface area contributed by atoms with Crippen molar-refractivity contribution in [3.8, 4) is 23.3 Å². The summed E-state index contributed by atoms with van der Waals surface area (Å²) >= 11 is 0. The minimum atomic E-state index is -0.539. The lowest BCUT2D eigenvalue weighted by atomic mass is 10.1. The van der Waals surface area contributed by atoms with Gasteiger partial charge in [0.25, 0.3) is 5.91 Å². The van der Waals surface area contributed by atoms with E-state index in [9.17, 15) is 10.1 Å². The van der Waals surface area contributed by atoms with Crippen LogP contribution in [0.15, 0.2) is 54.2 Å². The van der Waals surface area contributed by atoms with Crippen LogP contribution in [0.5, 0.6) is 17.2 Å². The van der Waals surface area contributed by atoms with Gasteiger partial charge in [0.05, 0.1) is 27.0 Å². The molecule has 0 bridgehead atoms. The molecule has 0 aliphatic carbocycles. The maximum absolute atomic E-state index is 12.4. The van der Waals surface area contributed by atoms with Crippen molar-refractivity contribution in [3.05, 3.63) is 59.8 Å². The first-order valence-corrected chi connectivity index (χ1v) is 8.61. The van der Waals surface area contributed by atoms with Crippen LogP contribution in [0.2, 0.25) is 0 Å². The Morgan fingerprint density at radius 2 is 1.82 bits per heavy atom. The first kappa shape index (κ1) is 20.6. The van der Waals surface area contributed by atoms with Crippen LogP contribution in [-0.2, 0) is 11.2 Å². The molecule has 0 saturated carbocycles. The molecule has 2 N–H and O–H groups in total. The summed E-state index contributed by atoms with van der Waals surface area (Å²) in [6.45, 7) is 0.564. The van der Waals surface area contributed by atoms with Gasteiger partial charge in [-0.15, -0.1) is 0 Å². The molecule has 0 unspecified atom stereocenters. The van der Waals surface area contributed by atoms with E-state index in [-0.39, 0.29) is 5.57 Å². The van der Waals surface area contributed by atoms with Gasteiger partial charge in [-0.3, -0.25) is 4.79 Å². The molecule has 2 aromatic carbocycles. The summed E-state index contributed by atoms with van der Waals surface area (Å²) in [7, 11) is 4.65. The Bertz CT molecular complexity index is 887. The number of ether oxygens (including phenoxy) is 3. The topological polar surface area (TPSA) is 92.6 Å². The van der Waals surface area contributed by atoms with Crippen LogP contribution in [-0.4, -0.2) is 33.8 Å². The lowest BCUT2D eigenvalue weighted by Gasteiger charge is -2.11. The van der Waals surface area contributed by atoms with Crippen molar-refractivity contribution in [1.82, 2.24) is 5.32 Å². The van der Waals surface area contributed by atoms with Crippen LogP contribution in [0.3, 0.4) is 0 Å². The van der Waals surface area contributed by atoms with Crippen LogP contribution in [0, 0.1) is 11.3 Å². The molecule has 0 radical (unpaired) electrons. The van der Waals surface area contributed by atoms with E-state index in [1.165, 1.54) is 20.4 Å². The monoisotopic (exact) mass is 381 g/mol. The third-order valence-corrected chi connectivity index (χ3v) is 3.96. The van der Waals surface area contributed by atoms with Crippen LogP contribution < -0.4 is 24.8 Å². The number of nitriles is 1. The van der Waals surface area contributed by atoms with Gasteiger partial charge < -0.3 is 24.8 Å². The third kappa shape index (κ3) is 5.68. The number of hydrogen-bond acceptors (Lipinski definition) is 6. The van der Waals surface area contributed by atoms with Crippen LogP contribution in [0.1, 0.15) is 5.56 Å². The third-order valence-electron chi connectivity index (χ3n) is 3.96. The molecule has 2 aromatic rings. The van der Waals surface area contributed by atoms with E-state index in [1.807, 2.05) is 30.3 Å². The van der Waals surface area contributed by atoms with Gasteiger partial charge in [-0.25, -0.2) is 0 Å². The SMILES string of the molecule is COc1cccc(CCN/C=C(/C#N)C(=O)Nc2cc(OC)ccc2OC)c1. The predicted molar refractivity (Wildman–Crippen MR) is 107 cm³/mol. The lowest BCUT2D eigenvalue weighted by Crippen LogP contribution is -2.18. The van der Waals surface area contributed by atoms with Gasteiger partial charge in [0.2, 0.25) is 0 Å². The van der Waals surface area contributed by atoms with Crippen LogP contribution in [0.4, 0.5) is 5.69 Å². The highest BCUT2D eigenvalue weighted by Crippen LogP contribution is 2.29. The molecule has 0 aliphatic heterocycles. The van der Waals surface area contributed by atoms with E-state index >= 15 is 0 Å². The Labute approximate surface area is 164 Å². The number of methoxy groups -OCH3 is 3. The molecule has 0 aromatic heterocycles. The first-order chi connectivity index (χ1) is 13.6. The summed E-state index contributed by atoms with van der Waals surface area (Å²) in [6.07, 6.45) is 2.12. The Hall–Kier alpha value is -3.66. The highest BCUT2D eigenvalue weighted by atomic mass is 16.5. The van der Waals surface area contributed by atoms with Gasteiger partial charge >= 0.3 is 0 Å². The molecule has 7 nitrogen and oxygen atoms in total. The number of hydrogen-bond donors (Lipinski definition) is 2. The normalized spacial score (nSPS) is 10.6. The molecule has 0 spiro atoms. The second-order valence-electron chi connectivity index (χ2n) is 5.75. The zero-order valence-corrected chi connectivity index (χ0v) is 16.1. The zero-order valence-electron chi connectivity index (χ0n) is 16.1. The molecule has 0 heterocycles. The summed E-state index contributed by atoms with van der Waals surface area (Å²) in [4.78, 5) is 12.4. The van der Waals surface area contributed by atoms with Gasteiger partial charge in [0.1, 0.15) is 28.9 Å². The van der Waals surface area contributed by atoms with Crippen molar-refractivity contribution in [1.29, 1.82) is 5.26 Å². The number of rotatable bonds is 9. The fraction of sp³-hybridized carbons (Fsp3) is 0.238. The molecule has 0 saturated heterocycles. The average Bonchev–Trinajstić information content (AvgIpc) is 2.73. The Morgan fingerprint density at radius 3 is 2.50 bits per heavy atom. The second kappa shape index (κ2) is 10.5. The van der Waals surface area contributed by atoms with Crippen molar-refractivity contribution in [2.45, 2.75) is 6.42 Å². The maximum Gasteiger partial charge on any atom is 0.267 e. The highest BCUT2D eigenvalue weighted by Gasteiger charge is 2.13. The number of benzene rings is 2. The number of carbonyl (C=O) groups excluding carboxylic acids is 1. The minimum absolute atomic E-state index is 0.0458. The predicted octanol–water partition coefficient (Wildman–Crippen LogP) is 2.89. The van der Waals surface area contributed by atoms with Crippen molar-refractivity contribution in [2.75, 3.05) is 33.2 Å². The van der Waals surface area contributed by atoms with E-state index in [1.54, 1.807) is 25.3 Å². The molecular formula is C21H23N3O4. The van der Waals surface area contributed by atoms with Gasteiger partial charge in [-0.1, -0.05) is 12.1 Å². The molecule has 7 heteroatoms. The largest absolute Gasteiger partial charge is 0.497 e. The smallest absolute Gasteiger partial charge is 0.267 e. The molecule has 0 fully saturated rings. The highest BCUT2D eigenvalue weighted by molar-refractivity contribution is 6.07. The molecule has 28 heavy (non-hydrogen) atoms. The van der Waals surface area contributed by atoms with E-state index in [0.29, 0.717) is 23.7 Å². The fourth-order valence-corrected chi connectivity index (χ4v) is 2.47. The van der Waals surface area contributed by atoms with Crippen LogP contribution >= 0.6 is 0 Å². The Kier molecular flexibility index (Phi) is 7.73. The Balaban J connectivity index is 1.98. The quantitative estimate of drug-likeness (QED) is 0.394. The van der Waals surface area contributed by atoms with Crippen molar-refractivity contribution < 1.29 is 19.0 Å². The van der Waals surface area contributed by atoms with Gasteiger partial charge in [-0.05, 0) is 36.2 Å². The van der Waals surface area contributed by atoms with E-state index < -0.39 is 5.91 Å². The lowest BCUT2D eigenvalue weighted by molar-refractivity contribution is -0.112. The standard InChI is InChI=1S/C21H23N3O4/c1-26-17-6-4-5-15(11-17)9-10-23-14-16(13-22)21(25)24-19-12-18(27-2)7-8-20(19)28-3/h4-8,11-12,14,23H,9-10H2,1-3H3,(H,24,25)/b16-14-. The molecule has 146 valence electrons. The van der Waals surface area contributed by atoms with Crippen molar-refractivity contribution >= 4 is 11.6 Å². The molecular weight excluding hydrogens is 358 g/mol. The maximum atomic E-state index is 12.4. The minimum Gasteiger partial charge on any atom is -0.497 e. The first-order valence-electron chi connectivity index (χ1n) is 8.61. The number of anilines is 1. The van der Waals surface area contributed by atoms with E-state index in [2.05, 4.69) is 10.6 Å². The van der Waals surface area contributed by atoms with Crippen LogP contribution in [0.25, 0.3) is 0 Å². The molecule has 0 aliphatic rings. The summed E-state index contributed by atoms with van der Waals surface area (Å²) in [5.41, 5.74) is 1.46. The number of carbonyl (C=O) groups is 1. The van der Waals surface area contributed by atoms with Crippen molar-refractivity contribution in [2.24, 2.45) is 0 Å². The summed E-state index contributed by atoms with van der Waals surface area (Å²) < 4.78 is 15.6. The summed E-state index contributed by atoms with van der Waals surface area (Å²) in [5.74, 6) is 1.28. The average molecular weight is 381 g/mol. The van der Waals surface area contributed by atoms with Gasteiger partial charge in [-0.2, -0.15) is 5.26 Å². The van der Waals surface area contributed by atoms with Gasteiger partial charge in [0.15, 0.2) is 0 Å². The van der Waals surface area contributed by atoms with Gasteiger partial charge in [0, 0.05) is 18.8 Å². The fourth-order valence-electron chi connectivity index (χ4n) is 2.47. The number of nitrogens with zero attached hydrogens (tertiary/aromatic N) is 1. The molecule has 2 rings (SSSR count). The molecule has 1 amide bonds. The summed E-state index contributed by atoms with van der Waals surface area (Å²) in [5, 5.41) is 15.0. The number of nitrogens with one attached hydrogen (secondary N) is 2.